The molecule has 1 aromatic carbocycles. The molecule has 0 atom stereocenters. The lowest BCUT2D eigenvalue weighted by molar-refractivity contribution is 0.0696. The Morgan fingerprint density at radius 2 is 1.42 bits per heavy atom. The third-order valence-electron chi connectivity index (χ3n) is 2.98. The summed E-state index contributed by atoms with van der Waals surface area (Å²) in [5, 5.41) is 9.15. The fourth-order valence-corrected chi connectivity index (χ4v) is 1.89. The molecular formula is C17H22O2. The van der Waals surface area contributed by atoms with Crippen molar-refractivity contribution in [2.45, 2.75) is 39.5 Å². The maximum Gasteiger partial charge on any atom is 0.335 e. The smallest absolute Gasteiger partial charge is 0.335 e. The van der Waals surface area contributed by atoms with Gasteiger partial charge in [-0.05, 0) is 62.8 Å². The van der Waals surface area contributed by atoms with E-state index in [-0.39, 0.29) is 0 Å². The summed E-state index contributed by atoms with van der Waals surface area (Å²) in [5.41, 5.74) is 4.74. The molecule has 0 saturated heterocycles. The highest BCUT2D eigenvalue weighted by molar-refractivity contribution is 5.88. The Labute approximate surface area is 115 Å². The molecule has 0 aromatic heterocycles. The predicted molar refractivity (Wildman–Crippen MR) is 79.7 cm³/mol. The largest absolute Gasteiger partial charge is 0.478 e. The predicted octanol–water partition coefficient (Wildman–Crippen LogP) is 4.40. The van der Waals surface area contributed by atoms with Gasteiger partial charge in [0.05, 0.1) is 5.56 Å². The van der Waals surface area contributed by atoms with Gasteiger partial charge < -0.3 is 5.11 Å². The molecule has 0 spiro atoms. The van der Waals surface area contributed by atoms with E-state index in [4.69, 9.17) is 5.11 Å². The van der Waals surface area contributed by atoms with E-state index in [9.17, 15) is 4.79 Å². The number of benzene rings is 1. The van der Waals surface area contributed by atoms with Crippen LogP contribution < -0.4 is 0 Å². The number of rotatable bonds is 7. The molecule has 0 bridgehead atoms. The number of hydrogen-bond acceptors (Lipinski definition) is 1. The molecule has 1 N–H and O–H groups in total. The van der Waals surface area contributed by atoms with Crippen LogP contribution in [0.4, 0.5) is 0 Å². The van der Waals surface area contributed by atoms with Crippen molar-refractivity contribution in [3.63, 3.8) is 0 Å². The van der Waals surface area contributed by atoms with Gasteiger partial charge in [0.25, 0.3) is 0 Å². The van der Waals surface area contributed by atoms with Crippen LogP contribution in [0.25, 0.3) is 0 Å². The number of aryl methyl sites for hydroxylation is 2. The van der Waals surface area contributed by atoms with Crippen molar-refractivity contribution in [2.24, 2.45) is 0 Å². The van der Waals surface area contributed by atoms with Gasteiger partial charge in [-0.3, -0.25) is 0 Å². The van der Waals surface area contributed by atoms with E-state index in [1.165, 1.54) is 0 Å². The zero-order chi connectivity index (χ0) is 14.4. The van der Waals surface area contributed by atoms with Crippen LogP contribution in [0, 0.1) is 0 Å². The minimum absolute atomic E-state index is 0.371. The third kappa shape index (κ3) is 5.56. The first-order valence-corrected chi connectivity index (χ1v) is 6.53. The summed E-state index contributed by atoms with van der Waals surface area (Å²) in [6.07, 6.45) is 3.47. The molecule has 1 rings (SSSR count). The van der Waals surface area contributed by atoms with Crippen LogP contribution in [0.5, 0.6) is 0 Å². The second-order valence-electron chi connectivity index (χ2n) is 5.26. The van der Waals surface area contributed by atoms with E-state index >= 15 is 0 Å². The molecule has 0 heterocycles. The number of aromatic carboxylic acids is 1. The van der Waals surface area contributed by atoms with Gasteiger partial charge in [-0.25, -0.2) is 4.79 Å². The Bertz CT molecular complexity index is 462. The maximum absolute atomic E-state index is 11.1. The summed E-state index contributed by atoms with van der Waals surface area (Å²) in [7, 11) is 0. The molecule has 19 heavy (non-hydrogen) atoms. The summed E-state index contributed by atoms with van der Waals surface area (Å²) >= 11 is 0. The molecule has 102 valence electrons. The first kappa shape index (κ1) is 15.2. The van der Waals surface area contributed by atoms with Crippen LogP contribution in [-0.2, 0) is 12.8 Å². The molecule has 0 radical (unpaired) electrons. The second kappa shape index (κ2) is 6.93. The van der Waals surface area contributed by atoms with Crippen molar-refractivity contribution in [1.82, 2.24) is 0 Å². The topological polar surface area (TPSA) is 37.3 Å². The van der Waals surface area contributed by atoms with E-state index in [0.717, 1.165) is 48.0 Å². The highest BCUT2D eigenvalue weighted by atomic mass is 16.4. The Morgan fingerprint density at radius 3 is 1.74 bits per heavy atom. The third-order valence-corrected chi connectivity index (χ3v) is 2.98. The first-order valence-electron chi connectivity index (χ1n) is 6.53. The van der Waals surface area contributed by atoms with Crippen LogP contribution in [0.3, 0.4) is 0 Å². The fraction of sp³-hybridized carbons (Fsp3) is 0.353. The number of allylic oxidation sites excluding steroid dienone is 2. The average Bonchev–Trinajstić information content (AvgIpc) is 2.33. The molecule has 0 aliphatic carbocycles. The van der Waals surface area contributed by atoms with Gasteiger partial charge in [0, 0.05) is 0 Å². The van der Waals surface area contributed by atoms with Crippen molar-refractivity contribution < 1.29 is 9.90 Å². The zero-order valence-corrected chi connectivity index (χ0v) is 11.8. The first-order chi connectivity index (χ1) is 8.88. The van der Waals surface area contributed by atoms with Crippen LogP contribution in [0.2, 0.25) is 0 Å². The molecule has 0 aliphatic heterocycles. The quantitative estimate of drug-likeness (QED) is 0.736. The fourth-order valence-electron chi connectivity index (χ4n) is 1.89. The molecule has 2 nitrogen and oxygen atoms in total. The van der Waals surface area contributed by atoms with Crippen LogP contribution in [-0.4, -0.2) is 11.1 Å². The van der Waals surface area contributed by atoms with Gasteiger partial charge in [-0.15, -0.1) is 13.2 Å². The Hall–Kier alpha value is -1.83. The van der Waals surface area contributed by atoms with Crippen molar-refractivity contribution in [1.29, 1.82) is 0 Å². The maximum atomic E-state index is 11.1. The summed E-state index contributed by atoms with van der Waals surface area (Å²) in [4.78, 5) is 11.1. The summed E-state index contributed by atoms with van der Waals surface area (Å²) in [6, 6.07) is 5.61. The van der Waals surface area contributed by atoms with Gasteiger partial charge in [0.2, 0.25) is 0 Å². The van der Waals surface area contributed by atoms with E-state index < -0.39 is 5.97 Å². The van der Waals surface area contributed by atoms with Gasteiger partial charge in [-0.1, -0.05) is 17.2 Å². The molecule has 0 saturated carbocycles. The molecule has 1 aromatic rings. The molecular weight excluding hydrogens is 236 g/mol. The van der Waals surface area contributed by atoms with E-state index in [1.54, 1.807) is 12.1 Å². The van der Waals surface area contributed by atoms with Crippen LogP contribution >= 0.6 is 0 Å². The molecule has 2 heteroatoms. The van der Waals surface area contributed by atoms with Crippen molar-refractivity contribution in [2.75, 3.05) is 0 Å². The Balaban J connectivity index is 2.93. The summed E-state index contributed by atoms with van der Waals surface area (Å²) in [6.45, 7) is 11.7. The van der Waals surface area contributed by atoms with Gasteiger partial charge in [0.1, 0.15) is 0 Å². The second-order valence-corrected chi connectivity index (χ2v) is 5.26. The van der Waals surface area contributed by atoms with Gasteiger partial charge in [-0.2, -0.15) is 0 Å². The highest BCUT2D eigenvalue weighted by Gasteiger charge is 2.07. The van der Waals surface area contributed by atoms with E-state index in [2.05, 4.69) is 19.2 Å². The Kier molecular flexibility index (Phi) is 5.56. The molecule has 0 amide bonds. The lowest BCUT2D eigenvalue weighted by Gasteiger charge is -2.08. The van der Waals surface area contributed by atoms with Crippen LogP contribution in [0.15, 0.2) is 42.5 Å². The van der Waals surface area contributed by atoms with Crippen molar-refractivity contribution in [3.8, 4) is 0 Å². The number of carboxylic acid groups (broad SMARTS) is 1. The number of carbonyl (C=O) groups is 1. The highest BCUT2D eigenvalue weighted by Crippen LogP contribution is 2.16. The van der Waals surface area contributed by atoms with Crippen LogP contribution in [0.1, 0.15) is 48.2 Å². The Morgan fingerprint density at radius 1 is 1.00 bits per heavy atom. The zero-order valence-electron chi connectivity index (χ0n) is 11.8. The van der Waals surface area contributed by atoms with Gasteiger partial charge in [0.15, 0.2) is 0 Å². The molecule has 0 unspecified atom stereocenters. The summed E-state index contributed by atoms with van der Waals surface area (Å²) in [5.74, 6) is -0.867. The van der Waals surface area contributed by atoms with E-state index in [1.807, 2.05) is 13.8 Å². The normalized spacial score (nSPS) is 10.2. The SMILES string of the molecule is C=C(C)CCc1cc(CCC(=C)C)cc(C(=O)O)c1. The standard InChI is InChI=1S/C17H22O2/c1-12(2)5-7-14-9-15(8-6-13(3)4)11-16(10-14)17(18)19/h9-11H,1,3,5-8H2,2,4H3,(H,18,19). The number of carboxylic acids is 1. The monoisotopic (exact) mass is 258 g/mol. The van der Waals surface area contributed by atoms with Gasteiger partial charge >= 0.3 is 5.97 Å². The van der Waals surface area contributed by atoms with Crippen molar-refractivity contribution >= 4 is 5.97 Å². The lowest BCUT2D eigenvalue weighted by atomic mass is 9.97. The lowest BCUT2D eigenvalue weighted by Crippen LogP contribution is -2.01. The minimum Gasteiger partial charge on any atom is -0.478 e. The van der Waals surface area contributed by atoms with Crippen molar-refractivity contribution in [3.05, 3.63) is 59.2 Å². The molecule has 0 aliphatic rings. The molecule has 0 fully saturated rings. The average molecular weight is 258 g/mol. The minimum atomic E-state index is -0.867. The number of hydrogen-bond donors (Lipinski definition) is 1. The van der Waals surface area contributed by atoms with E-state index in [0.29, 0.717) is 5.56 Å². The summed E-state index contributed by atoms with van der Waals surface area (Å²) < 4.78 is 0.